The molecule has 1 aliphatic carbocycles. The van der Waals surface area contributed by atoms with E-state index in [0.717, 1.165) is 82.4 Å². The van der Waals surface area contributed by atoms with Gasteiger partial charge in [-0.1, -0.05) is 25.7 Å². The largest absolute Gasteiger partial charge is 0.343 e. The molecule has 28 heavy (non-hydrogen) atoms. The van der Waals surface area contributed by atoms with Crippen molar-refractivity contribution < 1.29 is 9.59 Å². The highest BCUT2D eigenvalue weighted by molar-refractivity contribution is 5.76. The maximum atomic E-state index is 12.6. The van der Waals surface area contributed by atoms with Gasteiger partial charge in [-0.3, -0.25) is 9.59 Å². The van der Waals surface area contributed by atoms with Crippen LogP contribution in [0.1, 0.15) is 75.9 Å². The van der Waals surface area contributed by atoms with Gasteiger partial charge in [0, 0.05) is 58.4 Å². The van der Waals surface area contributed by atoms with E-state index in [1.54, 1.807) is 6.92 Å². The molecule has 4 rings (SSSR count). The number of aromatic nitrogens is 3. The molecule has 0 atom stereocenters. The molecule has 0 unspecified atom stereocenters. The fourth-order valence-electron chi connectivity index (χ4n) is 5.13. The van der Waals surface area contributed by atoms with Crippen LogP contribution in [0.3, 0.4) is 0 Å². The number of piperidine rings is 1. The van der Waals surface area contributed by atoms with E-state index in [1.807, 2.05) is 4.90 Å². The molecule has 3 heterocycles. The van der Waals surface area contributed by atoms with Gasteiger partial charge in [-0.15, -0.1) is 10.2 Å². The van der Waals surface area contributed by atoms with Crippen LogP contribution in [-0.4, -0.2) is 62.6 Å². The number of hydrogen-bond donors (Lipinski definition) is 0. The topological polar surface area (TPSA) is 71.3 Å². The lowest BCUT2D eigenvalue weighted by molar-refractivity contribution is -0.132. The van der Waals surface area contributed by atoms with Crippen LogP contribution in [0.15, 0.2) is 0 Å². The summed E-state index contributed by atoms with van der Waals surface area (Å²) in [6, 6.07) is 0. The van der Waals surface area contributed by atoms with Crippen LogP contribution < -0.4 is 0 Å². The van der Waals surface area contributed by atoms with Crippen molar-refractivity contribution in [3.05, 3.63) is 11.6 Å². The zero-order valence-electron chi connectivity index (χ0n) is 17.1. The van der Waals surface area contributed by atoms with E-state index in [9.17, 15) is 9.59 Å². The van der Waals surface area contributed by atoms with Crippen molar-refractivity contribution in [2.45, 2.75) is 77.2 Å². The third-order valence-corrected chi connectivity index (χ3v) is 6.95. The minimum atomic E-state index is 0.129. The standard InChI is InChI=1S/C21H33N5O2/c1-16(27)24-13-10-19-22-23-21(26(19)15-14-24)18-8-11-25(12-9-18)20(28)7-6-17-4-2-3-5-17/h17-18H,2-15H2,1H3. The summed E-state index contributed by atoms with van der Waals surface area (Å²) < 4.78 is 2.23. The van der Waals surface area contributed by atoms with Crippen LogP contribution in [0.2, 0.25) is 0 Å². The summed E-state index contributed by atoms with van der Waals surface area (Å²) in [6.45, 7) is 5.52. The van der Waals surface area contributed by atoms with Gasteiger partial charge in [-0.05, 0) is 25.2 Å². The highest BCUT2D eigenvalue weighted by Crippen LogP contribution is 2.31. The zero-order valence-corrected chi connectivity index (χ0v) is 17.1. The molecule has 2 fully saturated rings. The Morgan fingerprint density at radius 2 is 1.68 bits per heavy atom. The van der Waals surface area contributed by atoms with Gasteiger partial charge in [0.15, 0.2) is 0 Å². The Hall–Kier alpha value is -1.92. The van der Waals surface area contributed by atoms with Gasteiger partial charge in [0.1, 0.15) is 11.6 Å². The van der Waals surface area contributed by atoms with E-state index in [4.69, 9.17) is 0 Å². The quantitative estimate of drug-likeness (QED) is 0.795. The van der Waals surface area contributed by atoms with Gasteiger partial charge in [0.25, 0.3) is 0 Å². The summed E-state index contributed by atoms with van der Waals surface area (Å²) in [4.78, 5) is 28.2. The van der Waals surface area contributed by atoms with Gasteiger partial charge in [-0.2, -0.15) is 0 Å². The highest BCUT2D eigenvalue weighted by Gasteiger charge is 2.29. The molecule has 1 saturated carbocycles. The Morgan fingerprint density at radius 3 is 2.39 bits per heavy atom. The van der Waals surface area contributed by atoms with Crippen molar-refractivity contribution in [2.24, 2.45) is 5.92 Å². The third kappa shape index (κ3) is 4.23. The molecule has 7 nitrogen and oxygen atoms in total. The third-order valence-electron chi connectivity index (χ3n) is 6.95. The molecule has 0 radical (unpaired) electrons. The average molecular weight is 388 g/mol. The molecule has 7 heteroatoms. The summed E-state index contributed by atoms with van der Waals surface area (Å²) in [7, 11) is 0. The minimum absolute atomic E-state index is 0.129. The summed E-state index contributed by atoms with van der Waals surface area (Å²) in [5.74, 6) is 3.66. The highest BCUT2D eigenvalue weighted by atomic mass is 16.2. The first-order valence-electron chi connectivity index (χ1n) is 11.1. The number of carbonyl (C=O) groups excluding carboxylic acids is 2. The SMILES string of the molecule is CC(=O)N1CCc2nnc(C3CCN(C(=O)CCC4CCCC4)CC3)n2CC1. The molecule has 0 spiro atoms. The zero-order chi connectivity index (χ0) is 19.5. The molecule has 0 N–H and O–H groups in total. The fourth-order valence-corrected chi connectivity index (χ4v) is 5.13. The van der Waals surface area contributed by atoms with Crippen molar-refractivity contribution in [3.8, 4) is 0 Å². The Bertz CT molecular complexity index is 702. The molecule has 154 valence electrons. The van der Waals surface area contributed by atoms with Gasteiger partial charge in [0.05, 0.1) is 0 Å². The summed E-state index contributed by atoms with van der Waals surface area (Å²) in [5, 5.41) is 8.91. The second-order valence-electron chi connectivity index (χ2n) is 8.73. The van der Waals surface area contributed by atoms with Gasteiger partial charge in [0.2, 0.25) is 11.8 Å². The Kier molecular flexibility index (Phi) is 5.97. The van der Waals surface area contributed by atoms with Crippen molar-refractivity contribution >= 4 is 11.8 Å². The minimum Gasteiger partial charge on any atom is -0.343 e. The predicted octanol–water partition coefficient (Wildman–Crippen LogP) is 2.36. The number of likely N-dealkylation sites (tertiary alicyclic amines) is 1. The van der Waals surface area contributed by atoms with Crippen LogP contribution in [-0.2, 0) is 22.6 Å². The first kappa shape index (κ1) is 19.4. The molecule has 2 aliphatic heterocycles. The van der Waals surface area contributed by atoms with E-state index >= 15 is 0 Å². The van der Waals surface area contributed by atoms with Crippen LogP contribution in [0.4, 0.5) is 0 Å². The smallest absolute Gasteiger partial charge is 0.222 e. The predicted molar refractivity (Wildman–Crippen MR) is 106 cm³/mol. The molecule has 0 aromatic carbocycles. The van der Waals surface area contributed by atoms with Gasteiger partial charge < -0.3 is 14.4 Å². The van der Waals surface area contributed by atoms with Crippen molar-refractivity contribution in [2.75, 3.05) is 26.2 Å². The fraction of sp³-hybridized carbons (Fsp3) is 0.810. The van der Waals surface area contributed by atoms with Crippen LogP contribution >= 0.6 is 0 Å². The maximum absolute atomic E-state index is 12.6. The van der Waals surface area contributed by atoms with Crippen LogP contribution in [0.25, 0.3) is 0 Å². The van der Waals surface area contributed by atoms with E-state index in [-0.39, 0.29) is 5.91 Å². The molecular weight excluding hydrogens is 354 g/mol. The Labute approximate surface area is 167 Å². The molecule has 2 amide bonds. The Balaban J connectivity index is 1.30. The first-order chi connectivity index (χ1) is 13.6. The lowest BCUT2D eigenvalue weighted by Crippen LogP contribution is -2.38. The first-order valence-corrected chi connectivity index (χ1v) is 11.1. The monoisotopic (exact) mass is 387 g/mol. The molecule has 1 aromatic rings. The Morgan fingerprint density at radius 1 is 0.929 bits per heavy atom. The number of nitrogens with zero attached hydrogens (tertiary/aromatic N) is 5. The molecule has 3 aliphatic rings. The van der Waals surface area contributed by atoms with Crippen molar-refractivity contribution in [1.82, 2.24) is 24.6 Å². The maximum Gasteiger partial charge on any atom is 0.222 e. The molecule has 1 aromatic heterocycles. The van der Waals surface area contributed by atoms with E-state index < -0.39 is 0 Å². The van der Waals surface area contributed by atoms with Crippen LogP contribution in [0.5, 0.6) is 0 Å². The molecular formula is C21H33N5O2. The lowest BCUT2D eigenvalue weighted by atomic mass is 9.95. The average Bonchev–Trinajstić information content (AvgIpc) is 3.31. The van der Waals surface area contributed by atoms with Crippen molar-refractivity contribution in [3.63, 3.8) is 0 Å². The number of rotatable bonds is 4. The second-order valence-corrected chi connectivity index (χ2v) is 8.73. The molecule has 1 saturated heterocycles. The lowest BCUT2D eigenvalue weighted by Gasteiger charge is -2.32. The number of amides is 2. The molecule has 0 bridgehead atoms. The number of hydrogen-bond acceptors (Lipinski definition) is 4. The van der Waals surface area contributed by atoms with Crippen LogP contribution in [0, 0.1) is 5.92 Å². The number of carbonyl (C=O) groups is 2. The summed E-state index contributed by atoms with van der Waals surface area (Å²) >= 11 is 0. The van der Waals surface area contributed by atoms with E-state index in [1.165, 1.54) is 25.7 Å². The normalized spacial score (nSPS) is 21.6. The summed E-state index contributed by atoms with van der Waals surface area (Å²) in [5.41, 5.74) is 0. The van der Waals surface area contributed by atoms with E-state index in [0.29, 0.717) is 11.8 Å². The number of fused-ring (bicyclic) bond motifs is 1. The second kappa shape index (κ2) is 8.62. The van der Waals surface area contributed by atoms with Gasteiger partial charge >= 0.3 is 0 Å². The van der Waals surface area contributed by atoms with Crippen molar-refractivity contribution in [1.29, 1.82) is 0 Å². The van der Waals surface area contributed by atoms with Gasteiger partial charge in [-0.25, -0.2) is 0 Å². The van der Waals surface area contributed by atoms with E-state index in [2.05, 4.69) is 19.7 Å². The summed E-state index contributed by atoms with van der Waals surface area (Å²) in [6.07, 6.45) is 9.80.